The molecule has 0 amide bonds. The van der Waals surface area contributed by atoms with Crippen molar-refractivity contribution in [3.05, 3.63) is 64.5 Å². The normalized spacial score (nSPS) is 11.5. The van der Waals surface area contributed by atoms with Gasteiger partial charge in [0, 0.05) is 12.0 Å². The van der Waals surface area contributed by atoms with E-state index < -0.39 is 17.7 Å². The number of carbonyl (C=O) groups excluding carboxylic acids is 1. The van der Waals surface area contributed by atoms with Gasteiger partial charge in [0.05, 0.1) is 12.0 Å². The Hall–Kier alpha value is -3.16. The Morgan fingerprint density at radius 3 is 2.52 bits per heavy atom. The first kappa shape index (κ1) is 20.6. The molecular weight excluding hydrogens is 385 g/mol. The number of esters is 1. The molecule has 1 aromatic heterocycles. The van der Waals surface area contributed by atoms with Gasteiger partial charge in [0.15, 0.2) is 0 Å². The summed E-state index contributed by atoms with van der Waals surface area (Å²) in [6, 6.07) is 8.46. The maximum absolute atomic E-state index is 12.8. The van der Waals surface area contributed by atoms with Crippen LogP contribution in [0.1, 0.15) is 34.6 Å². The minimum Gasteiger partial charge on any atom is -0.426 e. The molecule has 5 nitrogen and oxygen atoms in total. The molecule has 0 N–H and O–H groups in total. The highest BCUT2D eigenvalue weighted by Gasteiger charge is 2.30. The van der Waals surface area contributed by atoms with E-state index in [1.54, 1.807) is 0 Å². The van der Waals surface area contributed by atoms with Crippen LogP contribution in [0.25, 0.3) is 11.5 Å². The van der Waals surface area contributed by atoms with Gasteiger partial charge in [-0.1, -0.05) is 18.2 Å². The molecule has 0 bridgehead atoms. The van der Waals surface area contributed by atoms with Crippen molar-refractivity contribution in [2.75, 3.05) is 0 Å². The van der Waals surface area contributed by atoms with E-state index >= 15 is 0 Å². The van der Waals surface area contributed by atoms with Crippen LogP contribution in [0.4, 0.5) is 13.2 Å². The summed E-state index contributed by atoms with van der Waals surface area (Å²) in [5.74, 6) is 0.183. The third-order valence-corrected chi connectivity index (χ3v) is 4.54. The zero-order chi connectivity index (χ0) is 21.2. The number of alkyl halides is 3. The van der Waals surface area contributed by atoms with E-state index in [-0.39, 0.29) is 30.2 Å². The van der Waals surface area contributed by atoms with Crippen LogP contribution >= 0.6 is 0 Å². The number of hydrogen-bond acceptors (Lipinski definition) is 5. The zero-order valence-corrected chi connectivity index (χ0v) is 16.1. The van der Waals surface area contributed by atoms with Crippen molar-refractivity contribution in [2.24, 2.45) is 0 Å². The van der Waals surface area contributed by atoms with E-state index in [1.165, 1.54) is 12.1 Å². The van der Waals surface area contributed by atoms with Crippen LogP contribution in [-0.4, -0.2) is 16.2 Å². The first-order chi connectivity index (χ1) is 13.6. The summed E-state index contributed by atoms with van der Waals surface area (Å²) in [5, 5.41) is 7.58. The topological polar surface area (TPSA) is 65.2 Å². The number of carbonyl (C=O) groups is 1. The summed E-state index contributed by atoms with van der Waals surface area (Å²) in [6.07, 6.45) is -4.35. The molecule has 0 spiro atoms. The van der Waals surface area contributed by atoms with Crippen molar-refractivity contribution in [1.82, 2.24) is 10.2 Å². The van der Waals surface area contributed by atoms with E-state index in [4.69, 9.17) is 9.15 Å². The van der Waals surface area contributed by atoms with Crippen LogP contribution in [0.15, 0.2) is 40.8 Å². The number of aryl methyl sites for hydroxylation is 3. The molecule has 0 unspecified atom stereocenters. The van der Waals surface area contributed by atoms with Crippen LogP contribution in [-0.2, 0) is 17.4 Å². The number of aromatic nitrogens is 2. The lowest BCUT2D eigenvalue weighted by Gasteiger charge is -2.12. The predicted octanol–water partition coefficient (Wildman–Crippen LogP) is 5.22. The van der Waals surface area contributed by atoms with Gasteiger partial charge in [-0.2, -0.15) is 13.2 Å². The molecular formula is C21H19F3N2O3. The Labute approximate surface area is 165 Å². The van der Waals surface area contributed by atoms with Gasteiger partial charge in [-0.3, -0.25) is 4.79 Å². The van der Waals surface area contributed by atoms with E-state index in [0.717, 1.165) is 28.8 Å². The van der Waals surface area contributed by atoms with E-state index in [9.17, 15) is 18.0 Å². The van der Waals surface area contributed by atoms with Gasteiger partial charge < -0.3 is 9.15 Å². The van der Waals surface area contributed by atoms with Crippen LogP contribution in [0.3, 0.4) is 0 Å². The van der Waals surface area contributed by atoms with E-state index in [2.05, 4.69) is 10.2 Å². The standard InChI is InChI=1S/C21H19F3N2O3/c1-12-7-8-13(2)19(14(12)3)29-18(27)10-9-17-25-26-20(28-17)15-5-4-6-16(11-15)21(22,23)24/h4-8,11H,9-10H2,1-3H3. The summed E-state index contributed by atoms with van der Waals surface area (Å²) < 4.78 is 49.4. The Morgan fingerprint density at radius 1 is 1.07 bits per heavy atom. The minimum atomic E-state index is -4.46. The number of rotatable bonds is 5. The first-order valence-electron chi connectivity index (χ1n) is 8.92. The number of benzene rings is 2. The minimum absolute atomic E-state index is 0.00293. The van der Waals surface area contributed by atoms with Crippen LogP contribution in [0.2, 0.25) is 0 Å². The van der Waals surface area contributed by atoms with Crippen molar-refractivity contribution in [2.45, 2.75) is 39.8 Å². The molecule has 152 valence electrons. The van der Waals surface area contributed by atoms with Crippen molar-refractivity contribution >= 4 is 5.97 Å². The third-order valence-electron chi connectivity index (χ3n) is 4.54. The van der Waals surface area contributed by atoms with Crippen molar-refractivity contribution in [1.29, 1.82) is 0 Å². The second kappa shape index (κ2) is 8.06. The van der Waals surface area contributed by atoms with Gasteiger partial charge in [0.2, 0.25) is 11.8 Å². The maximum Gasteiger partial charge on any atom is 0.416 e. The number of halogens is 3. The highest BCUT2D eigenvalue weighted by molar-refractivity contribution is 5.73. The first-order valence-corrected chi connectivity index (χ1v) is 8.92. The Balaban J connectivity index is 1.66. The lowest BCUT2D eigenvalue weighted by Crippen LogP contribution is -2.11. The molecule has 0 saturated heterocycles. The van der Waals surface area contributed by atoms with E-state index in [0.29, 0.717) is 5.75 Å². The number of hydrogen-bond donors (Lipinski definition) is 0. The van der Waals surface area contributed by atoms with E-state index in [1.807, 2.05) is 32.9 Å². The fraction of sp³-hybridized carbons (Fsp3) is 0.286. The van der Waals surface area contributed by atoms with Crippen molar-refractivity contribution in [3.63, 3.8) is 0 Å². The largest absolute Gasteiger partial charge is 0.426 e. The SMILES string of the molecule is Cc1ccc(C)c(OC(=O)CCc2nnc(-c3cccc(C(F)(F)F)c3)o2)c1C. The summed E-state index contributed by atoms with van der Waals surface area (Å²) in [4.78, 5) is 12.2. The smallest absolute Gasteiger partial charge is 0.416 e. The molecule has 0 aliphatic carbocycles. The molecule has 0 aliphatic rings. The monoisotopic (exact) mass is 404 g/mol. The molecule has 0 atom stereocenters. The van der Waals surface area contributed by atoms with Gasteiger partial charge in [-0.15, -0.1) is 10.2 Å². The molecule has 29 heavy (non-hydrogen) atoms. The molecule has 8 heteroatoms. The van der Waals surface area contributed by atoms with Crippen LogP contribution < -0.4 is 4.74 Å². The van der Waals surface area contributed by atoms with Gasteiger partial charge in [-0.05, 0) is 55.7 Å². The second-order valence-electron chi connectivity index (χ2n) is 6.71. The number of ether oxygens (including phenoxy) is 1. The summed E-state index contributed by atoms with van der Waals surface area (Å²) >= 11 is 0. The molecule has 0 aliphatic heterocycles. The third kappa shape index (κ3) is 4.82. The molecule has 3 rings (SSSR count). The summed E-state index contributed by atoms with van der Waals surface area (Å²) in [7, 11) is 0. The fourth-order valence-corrected chi connectivity index (χ4v) is 2.76. The molecule has 3 aromatic rings. The molecule has 0 fully saturated rings. The number of nitrogens with zero attached hydrogens (tertiary/aromatic N) is 2. The zero-order valence-electron chi connectivity index (χ0n) is 16.1. The van der Waals surface area contributed by atoms with Crippen LogP contribution in [0, 0.1) is 20.8 Å². The summed E-state index contributed by atoms with van der Waals surface area (Å²) in [5.41, 5.74) is 2.12. The van der Waals surface area contributed by atoms with Crippen molar-refractivity contribution in [3.8, 4) is 17.2 Å². The average molecular weight is 404 g/mol. The maximum atomic E-state index is 12.8. The molecule has 2 aromatic carbocycles. The fourth-order valence-electron chi connectivity index (χ4n) is 2.76. The predicted molar refractivity (Wildman–Crippen MR) is 99.3 cm³/mol. The Kier molecular flexibility index (Phi) is 5.72. The average Bonchev–Trinajstić information content (AvgIpc) is 3.15. The molecule has 0 radical (unpaired) electrons. The van der Waals surface area contributed by atoms with Gasteiger partial charge in [0.1, 0.15) is 5.75 Å². The highest BCUT2D eigenvalue weighted by Crippen LogP contribution is 2.32. The quantitative estimate of drug-likeness (QED) is 0.431. The summed E-state index contributed by atoms with van der Waals surface area (Å²) in [6.45, 7) is 5.67. The Morgan fingerprint density at radius 2 is 1.79 bits per heavy atom. The molecule has 1 heterocycles. The Bertz CT molecular complexity index is 1040. The molecule has 0 saturated carbocycles. The second-order valence-corrected chi connectivity index (χ2v) is 6.71. The van der Waals surface area contributed by atoms with Gasteiger partial charge in [-0.25, -0.2) is 0 Å². The lowest BCUT2D eigenvalue weighted by atomic mass is 10.1. The highest BCUT2D eigenvalue weighted by atomic mass is 19.4. The van der Waals surface area contributed by atoms with Gasteiger partial charge >= 0.3 is 12.1 Å². The van der Waals surface area contributed by atoms with Gasteiger partial charge in [0.25, 0.3) is 0 Å². The lowest BCUT2D eigenvalue weighted by molar-refractivity contribution is -0.137. The van der Waals surface area contributed by atoms with Crippen molar-refractivity contribution < 1.29 is 27.1 Å². The van der Waals surface area contributed by atoms with Crippen LogP contribution in [0.5, 0.6) is 5.75 Å².